The SMILES string of the molecule is O=C(O)CCN(Cc1ccccc1)C(=O)C1CCC[NH2+]C1.O=C([O-])C(F)(F)F. The van der Waals surface area contributed by atoms with Gasteiger partial charge in [-0.3, -0.25) is 9.59 Å². The molecule has 0 bridgehead atoms. The largest absolute Gasteiger partial charge is 0.542 e. The second-order valence-electron chi connectivity index (χ2n) is 6.33. The van der Waals surface area contributed by atoms with Crippen LogP contribution >= 0.6 is 0 Å². The summed E-state index contributed by atoms with van der Waals surface area (Å²) in [5, 5.41) is 19.8. The predicted molar refractivity (Wildman–Crippen MR) is 89.6 cm³/mol. The summed E-state index contributed by atoms with van der Waals surface area (Å²) in [5.74, 6) is -3.75. The van der Waals surface area contributed by atoms with Gasteiger partial charge >= 0.3 is 12.1 Å². The second kappa shape index (κ2) is 11.3. The van der Waals surface area contributed by atoms with Gasteiger partial charge in [0.15, 0.2) is 0 Å². The van der Waals surface area contributed by atoms with Gasteiger partial charge < -0.3 is 25.2 Å². The summed E-state index contributed by atoms with van der Waals surface area (Å²) in [5.41, 5.74) is 1.04. The van der Waals surface area contributed by atoms with Crippen LogP contribution in [0.5, 0.6) is 0 Å². The van der Waals surface area contributed by atoms with Crippen molar-refractivity contribution >= 4 is 17.8 Å². The number of piperidine rings is 1. The predicted octanol–water partition coefficient (Wildman–Crippen LogP) is -0.238. The molecule has 2 rings (SSSR count). The number of nitrogens with two attached hydrogens (primary N) is 1. The average Bonchev–Trinajstić information content (AvgIpc) is 2.65. The molecule has 0 saturated carbocycles. The molecule has 1 atom stereocenters. The number of carboxylic acid groups (broad SMARTS) is 2. The van der Waals surface area contributed by atoms with Crippen LogP contribution in [0.15, 0.2) is 30.3 Å². The van der Waals surface area contributed by atoms with E-state index in [1.807, 2.05) is 30.3 Å². The lowest BCUT2D eigenvalue weighted by Crippen LogP contribution is -2.87. The van der Waals surface area contributed by atoms with Gasteiger partial charge in [-0.05, 0) is 18.4 Å². The van der Waals surface area contributed by atoms with Crippen molar-refractivity contribution in [2.45, 2.75) is 32.0 Å². The van der Waals surface area contributed by atoms with E-state index in [1.54, 1.807) is 4.90 Å². The van der Waals surface area contributed by atoms with Crippen LogP contribution < -0.4 is 10.4 Å². The third-order valence-electron chi connectivity index (χ3n) is 4.12. The van der Waals surface area contributed by atoms with Crippen molar-refractivity contribution in [1.29, 1.82) is 0 Å². The molecule has 1 saturated heterocycles. The minimum absolute atomic E-state index is 0.00495. The van der Waals surface area contributed by atoms with Crippen molar-refractivity contribution in [2.75, 3.05) is 19.6 Å². The maximum Gasteiger partial charge on any atom is 0.430 e. The minimum atomic E-state index is -5.19. The number of carbonyl (C=O) groups excluding carboxylic acids is 2. The molecule has 28 heavy (non-hydrogen) atoms. The minimum Gasteiger partial charge on any atom is -0.542 e. The van der Waals surface area contributed by atoms with Gasteiger partial charge in [0.25, 0.3) is 0 Å². The third kappa shape index (κ3) is 8.85. The second-order valence-corrected chi connectivity index (χ2v) is 6.33. The highest BCUT2D eigenvalue weighted by molar-refractivity contribution is 5.79. The summed E-state index contributed by atoms with van der Waals surface area (Å²) in [6.07, 6.45) is -3.24. The quantitative estimate of drug-likeness (QED) is 0.679. The Hall–Kier alpha value is -2.62. The molecule has 7 nitrogen and oxygen atoms in total. The van der Waals surface area contributed by atoms with Crippen molar-refractivity contribution in [3.63, 3.8) is 0 Å². The van der Waals surface area contributed by atoms with E-state index < -0.39 is 18.1 Å². The van der Waals surface area contributed by atoms with Crippen LogP contribution in [0.1, 0.15) is 24.8 Å². The molecule has 10 heteroatoms. The average molecular weight is 404 g/mol. The Balaban J connectivity index is 0.000000480. The van der Waals surface area contributed by atoms with E-state index in [4.69, 9.17) is 15.0 Å². The molecule has 1 fully saturated rings. The van der Waals surface area contributed by atoms with Crippen LogP contribution in [0.25, 0.3) is 0 Å². The van der Waals surface area contributed by atoms with Gasteiger partial charge in [-0.1, -0.05) is 30.3 Å². The zero-order valence-electron chi connectivity index (χ0n) is 15.2. The van der Waals surface area contributed by atoms with E-state index in [0.29, 0.717) is 6.54 Å². The molecule has 1 aromatic rings. The van der Waals surface area contributed by atoms with Crippen LogP contribution in [0.4, 0.5) is 13.2 Å². The molecule has 3 N–H and O–H groups in total. The third-order valence-corrected chi connectivity index (χ3v) is 4.12. The van der Waals surface area contributed by atoms with Crippen molar-refractivity contribution in [2.24, 2.45) is 5.92 Å². The van der Waals surface area contributed by atoms with Crippen LogP contribution in [0.3, 0.4) is 0 Å². The molecule has 1 aromatic carbocycles. The zero-order chi connectivity index (χ0) is 21.2. The fourth-order valence-corrected chi connectivity index (χ4v) is 2.73. The number of carbonyl (C=O) groups is 3. The maximum absolute atomic E-state index is 12.6. The number of nitrogens with zero attached hydrogens (tertiary/aromatic N) is 1. The van der Waals surface area contributed by atoms with Gasteiger partial charge in [-0.25, -0.2) is 0 Å². The number of amides is 1. The number of hydrogen-bond donors (Lipinski definition) is 2. The smallest absolute Gasteiger partial charge is 0.430 e. The monoisotopic (exact) mass is 404 g/mol. The number of rotatable bonds is 6. The van der Waals surface area contributed by atoms with Gasteiger partial charge in [0, 0.05) is 13.1 Å². The summed E-state index contributed by atoms with van der Waals surface area (Å²) >= 11 is 0. The fraction of sp³-hybridized carbons (Fsp3) is 0.500. The van der Waals surface area contributed by atoms with Gasteiger partial charge in [0.2, 0.25) is 5.91 Å². The Labute approximate surface area is 160 Å². The molecule has 1 aliphatic heterocycles. The Morgan fingerprint density at radius 3 is 2.29 bits per heavy atom. The molecule has 1 aliphatic rings. The normalized spacial score (nSPS) is 16.5. The lowest BCUT2D eigenvalue weighted by molar-refractivity contribution is -0.666. The Bertz CT molecular complexity index is 646. The highest BCUT2D eigenvalue weighted by atomic mass is 19.4. The summed E-state index contributed by atoms with van der Waals surface area (Å²) in [6, 6.07) is 9.73. The first-order valence-electron chi connectivity index (χ1n) is 8.75. The van der Waals surface area contributed by atoms with Gasteiger partial charge in [-0.2, -0.15) is 13.2 Å². The van der Waals surface area contributed by atoms with Crippen molar-refractivity contribution in [3.8, 4) is 0 Å². The Morgan fingerprint density at radius 1 is 1.21 bits per heavy atom. The topological polar surface area (TPSA) is 114 Å². The highest BCUT2D eigenvalue weighted by Crippen LogP contribution is 2.14. The summed E-state index contributed by atoms with van der Waals surface area (Å²) in [7, 11) is 0. The lowest BCUT2D eigenvalue weighted by atomic mass is 9.97. The number of carboxylic acids is 2. The number of quaternary nitrogens is 1. The van der Waals surface area contributed by atoms with Gasteiger partial charge in [0.05, 0.1) is 25.4 Å². The van der Waals surface area contributed by atoms with Gasteiger partial charge in [-0.15, -0.1) is 0 Å². The molecule has 156 valence electrons. The molecule has 1 heterocycles. The van der Waals surface area contributed by atoms with Crippen molar-refractivity contribution in [1.82, 2.24) is 4.90 Å². The van der Waals surface area contributed by atoms with Crippen LogP contribution in [-0.4, -0.2) is 53.7 Å². The molecular weight excluding hydrogens is 381 g/mol. The summed E-state index contributed by atoms with van der Waals surface area (Å²) in [6.45, 7) is 2.66. The first-order valence-corrected chi connectivity index (χ1v) is 8.75. The van der Waals surface area contributed by atoms with E-state index >= 15 is 0 Å². The zero-order valence-corrected chi connectivity index (χ0v) is 15.2. The number of alkyl halides is 3. The van der Waals surface area contributed by atoms with Crippen LogP contribution in [0.2, 0.25) is 0 Å². The van der Waals surface area contributed by atoms with Crippen LogP contribution in [-0.2, 0) is 20.9 Å². The van der Waals surface area contributed by atoms with E-state index in [0.717, 1.165) is 31.5 Å². The standard InChI is InChI=1S/C16H22N2O3.C2HF3O2/c19-15(20)8-10-18(12-13-5-2-1-3-6-13)16(21)14-7-4-9-17-11-14;3-2(4,5)1(6)7/h1-3,5-6,14,17H,4,7-12H2,(H,19,20);(H,6,7). The van der Waals surface area contributed by atoms with Gasteiger partial charge in [0.1, 0.15) is 5.97 Å². The molecule has 1 unspecified atom stereocenters. The fourth-order valence-electron chi connectivity index (χ4n) is 2.73. The van der Waals surface area contributed by atoms with E-state index in [9.17, 15) is 22.8 Å². The molecule has 0 spiro atoms. The number of benzene rings is 1. The molecular formula is C18H23F3N2O5. The van der Waals surface area contributed by atoms with E-state index in [1.165, 1.54) is 0 Å². The number of hydrogen-bond acceptors (Lipinski definition) is 4. The van der Waals surface area contributed by atoms with E-state index in [-0.39, 0.29) is 24.8 Å². The summed E-state index contributed by atoms with van der Waals surface area (Å²) < 4.78 is 31.5. The maximum atomic E-state index is 12.6. The number of aliphatic carboxylic acids is 2. The molecule has 0 aliphatic carbocycles. The highest BCUT2D eigenvalue weighted by Gasteiger charge is 2.29. The summed E-state index contributed by atoms with van der Waals surface area (Å²) in [4.78, 5) is 33.9. The Morgan fingerprint density at radius 2 is 1.82 bits per heavy atom. The molecule has 0 radical (unpaired) electrons. The van der Waals surface area contributed by atoms with Crippen molar-refractivity contribution in [3.05, 3.63) is 35.9 Å². The van der Waals surface area contributed by atoms with Crippen LogP contribution in [0, 0.1) is 5.92 Å². The van der Waals surface area contributed by atoms with E-state index in [2.05, 4.69) is 5.32 Å². The van der Waals surface area contributed by atoms with Crippen molar-refractivity contribution < 1.29 is 43.1 Å². The number of halogens is 3. The molecule has 1 amide bonds. The molecule has 0 aromatic heterocycles. The first kappa shape index (κ1) is 23.4. The Kier molecular flexibility index (Phi) is 9.43. The first-order chi connectivity index (χ1) is 13.1. The lowest BCUT2D eigenvalue weighted by Gasteiger charge is -2.28.